The number of hydrogen-bond donors (Lipinski definition) is 0. The van der Waals surface area contributed by atoms with Crippen LogP contribution < -0.4 is 0 Å². The first-order chi connectivity index (χ1) is 6.08. The molecule has 1 atom stereocenters. The van der Waals surface area contributed by atoms with E-state index in [9.17, 15) is 4.57 Å². The molecule has 0 spiro atoms. The summed E-state index contributed by atoms with van der Waals surface area (Å²) in [5.74, 6) is 0. The molecule has 1 aliphatic heterocycles. The van der Waals surface area contributed by atoms with Gasteiger partial charge in [-0.1, -0.05) is 18.7 Å². The van der Waals surface area contributed by atoms with E-state index in [1.807, 2.05) is 0 Å². The second kappa shape index (κ2) is 4.23. The molecule has 1 saturated heterocycles. The highest BCUT2D eigenvalue weighted by Crippen LogP contribution is 2.58. The van der Waals surface area contributed by atoms with Crippen molar-refractivity contribution in [3.63, 3.8) is 0 Å². The minimum atomic E-state index is -3.04. The summed E-state index contributed by atoms with van der Waals surface area (Å²) >= 11 is 0. The quantitative estimate of drug-likeness (QED) is 0.509. The van der Waals surface area contributed by atoms with Gasteiger partial charge in [-0.3, -0.25) is 4.57 Å². The summed E-state index contributed by atoms with van der Waals surface area (Å²) in [5.41, 5.74) is 1.00. The molecule has 1 rings (SSSR count). The first-order valence-electron chi connectivity index (χ1n) is 4.32. The SMILES string of the molecule is C=C1CCOP(=O)(OCC)C(=C)C1. The molecule has 74 valence electrons. The molecule has 3 nitrogen and oxygen atoms in total. The van der Waals surface area contributed by atoms with Crippen LogP contribution in [0.5, 0.6) is 0 Å². The van der Waals surface area contributed by atoms with E-state index in [1.54, 1.807) is 6.92 Å². The van der Waals surface area contributed by atoms with Gasteiger partial charge in [0.05, 0.1) is 13.2 Å². The standard InChI is InChI=1S/C9H15O3P/c1-4-11-13(10)9(3)7-8(2)5-6-12-13/h2-7H2,1H3. The molecular formula is C9H15O3P. The van der Waals surface area contributed by atoms with Gasteiger partial charge in [0.25, 0.3) is 0 Å². The van der Waals surface area contributed by atoms with Crippen molar-refractivity contribution in [2.75, 3.05) is 13.2 Å². The van der Waals surface area contributed by atoms with Gasteiger partial charge in [-0.2, -0.15) is 0 Å². The van der Waals surface area contributed by atoms with Gasteiger partial charge in [0.2, 0.25) is 0 Å². The zero-order valence-electron chi connectivity index (χ0n) is 7.91. The van der Waals surface area contributed by atoms with Crippen LogP contribution in [0.1, 0.15) is 19.8 Å². The maximum atomic E-state index is 11.9. The Balaban J connectivity index is 2.79. The Labute approximate surface area is 79.0 Å². The maximum absolute atomic E-state index is 11.9. The van der Waals surface area contributed by atoms with Gasteiger partial charge in [-0.05, 0) is 13.3 Å². The van der Waals surface area contributed by atoms with Crippen LogP contribution in [-0.2, 0) is 13.6 Å². The van der Waals surface area contributed by atoms with E-state index in [2.05, 4.69) is 13.2 Å². The highest BCUT2D eigenvalue weighted by Gasteiger charge is 2.30. The van der Waals surface area contributed by atoms with Gasteiger partial charge >= 0.3 is 7.60 Å². The van der Waals surface area contributed by atoms with Crippen molar-refractivity contribution in [2.24, 2.45) is 0 Å². The summed E-state index contributed by atoms with van der Waals surface area (Å²) in [6.07, 6.45) is 1.29. The normalized spacial score (nSPS) is 30.2. The molecule has 13 heavy (non-hydrogen) atoms. The minimum Gasteiger partial charge on any atom is -0.306 e. The van der Waals surface area contributed by atoms with Gasteiger partial charge in [0.1, 0.15) is 0 Å². The molecule has 1 fully saturated rings. The van der Waals surface area contributed by atoms with Crippen LogP contribution in [0.25, 0.3) is 0 Å². The van der Waals surface area contributed by atoms with Crippen LogP contribution in [0.4, 0.5) is 0 Å². The molecule has 0 amide bonds. The maximum Gasteiger partial charge on any atom is 0.357 e. The third-order valence-corrected chi connectivity index (χ3v) is 3.91. The van der Waals surface area contributed by atoms with Crippen molar-refractivity contribution in [2.45, 2.75) is 19.8 Å². The van der Waals surface area contributed by atoms with Crippen molar-refractivity contribution in [1.82, 2.24) is 0 Å². The van der Waals surface area contributed by atoms with Crippen LogP contribution in [0.3, 0.4) is 0 Å². The fourth-order valence-electron chi connectivity index (χ4n) is 1.17. The average Bonchev–Trinajstić information content (AvgIpc) is 2.14. The summed E-state index contributed by atoms with van der Waals surface area (Å²) in [5, 5.41) is 0.525. The summed E-state index contributed by atoms with van der Waals surface area (Å²) < 4.78 is 22.2. The highest BCUT2D eigenvalue weighted by molar-refractivity contribution is 7.58. The van der Waals surface area contributed by atoms with E-state index < -0.39 is 7.60 Å². The smallest absolute Gasteiger partial charge is 0.306 e. The Morgan fingerprint density at radius 2 is 2.31 bits per heavy atom. The third kappa shape index (κ3) is 2.53. The lowest BCUT2D eigenvalue weighted by Crippen LogP contribution is -1.95. The summed E-state index contributed by atoms with van der Waals surface area (Å²) in [6, 6.07) is 0. The second-order valence-electron chi connectivity index (χ2n) is 2.99. The van der Waals surface area contributed by atoms with Crippen molar-refractivity contribution < 1.29 is 13.6 Å². The molecule has 0 aliphatic carbocycles. The average molecular weight is 202 g/mol. The highest BCUT2D eigenvalue weighted by atomic mass is 31.2. The first-order valence-corrected chi connectivity index (χ1v) is 5.87. The fraction of sp³-hybridized carbons (Fsp3) is 0.556. The molecule has 0 aromatic rings. The minimum absolute atomic E-state index is 0.378. The predicted octanol–water partition coefficient (Wildman–Crippen LogP) is 3.10. The van der Waals surface area contributed by atoms with Crippen molar-refractivity contribution in [1.29, 1.82) is 0 Å². The molecule has 0 aromatic carbocycles. The molecule has 0 N–H and O–H groups in total. The Morgan fingerprint density at radius 3 is 2.92 bits per heavy atom. The molecule has 0 bridgehead atoms. The van der Waals surface area contributed by atoms with Crippen LogP contribution in [0.2, 0.25) is 0 Å². The largest absolute Gasteiger partial charge is 0.357 e. The van der Waals surface area contributed by atoms with E-state index in [1.165, 1.54) is 0 Å². The number of hydrogen-bond acceptors (Lipinski definition) is 3. The van der Waals surface area contributed by atoms with Gasteiger partial charge < -0.3 is 9.05 Å². The van der Waals surface area contributed by atoms with E-state index >= 15 is 0 Å². The van der Waals surface area contributed by atoms with E-state index in [4.69, 9.17) is 9.05 Å². The first kappa shape index (κ1) is 10.7. The molecule has 1 unspecified atom stereocenters. The van der Waals surface area contributed by atoms with Gasteiger partial charge in [-0.25, -0.2) is 0 Å². The Bertz CT molecular complexity index is 270. The summed E-state index contributed by atoms with van der Waals surface area (Å²) in [7, 11) is -3.04. The topological polar surface area (TPSA) is 35.5 Å². The second-order valence-corrected chi connectivity index (χ2v) is 5.14. The Morgan fingerprint density at radius 1 is 1.62 bits per heavy atom. The molecule has 0 radical (unpaired) electrons. The van der Waals surface area contributed by atoms with Gasteiger partial charge in [0, 0.05) is 11.7 Å². The van der Waals surface area contributed by atoms with Crippen molar-refractivity contribution in [3.8, 4) is 0 Å². The Hall–Kier alpha value is -0.370. The third-order valence-electron chi connectivity index (χ3n) is 1.86. The lowest BCUT2D eigenvalue weighted by Gasteiger charge is -2.16. The fourth-order valence-corrected chi connectivity index (χ4v) is 2.70. The molecular weight excluding hydrogens is 187 g/mol. The molecule has 0 saturated carbocycles. The van der Waals surface area contributed by atoms with Crippen molar-refractivity contribution >= 4 is 7.60 Å². The Kier molecular flexibility index (Phi) is 3.48. The molecule has 4 heteroatoms. The zero-order valence-corrected chi connectivity index (χ0v) is 8.81. The van der Waals surface area contributed by atoms with Crippen LogP contribution in [0.15, 0.2) is 24.0 Å². The van der Waals surface area contributed by atoms with Crippen LogP contribution >= 0.6 is 7.60 Å². The lowest BCUT2D eigenvalue weighted by molar-refractivity contribution is 0.223. The van der Waals surface area contributed by atoms with Crippen LogP contribution in [-0.4, -0.2) is 13.2 Å². The summed E-state index contributed by atoms with van der Waals surface area (Å²) in [4.78, 5) is 0. The van der Waals surface area contributed by atoms with Crippen molar-refractivity contribution in [3.05, 3.63) is 24.0 Å². The van der Waals surface area contributed by atoms with E-state index in [0.29, 0.717) is 24.9 Å². The predicted molar refractivity (Wildman–Crippen MR) is 52.7 cm³/mol. The molecule has 1 heterocycles. The lowest BCUT2D eigenvalue weighted by atomic mass is 10.1. The molecule has 0 aromatic heterocycles. The van der Waals surface area contributed by atoms with E-state index in [-0.39, 0.29) is 0 Å². The monoisotopic (exact) mass is 202 g/mol. The van der Waals surface area contributed by atoms with Gasteiger partial charge in [-0.15, -0.1) is 0 Å². The molecule has 1 aliphatic rings. The number of allylic oxidation sites excluding steroid dienone is 1. The van der Waals surface area contributed by atoms with E-state index in [0.717, 1.165) is 12.0 Å². The zero-order chi connectivity index (χ0) is 9.90. The number of rotatable bonds is 2. The summed E-state index contributed by atoms with van der Waals surface area (Å²) in [6.45, 7) is 10.1. The van der Waals surface area contributed by atoms with Gasteiger partial charge in [0.15, 0.2) is 0 Å². The van der Waals surface area contributed by atoms with Crippen LogP contribution in [0, 0.1) is 0 Å².